The third kappa shape index (κ3) is 2.73. The van der Waals surface area contributed by atoms with Crippen LogP contribution >= 0.6 is 11.3 Å². The molecule has 0 fully saturated rings. The Hall–Kier alpha value is -1.56. The number of ether oxygens (including phenoxy) is 2. The van der Waals surface area contributed by atoms with Gasteiger partial charge < -0.3 is 9.47 Å². The molecule has 0 saturated carbocycles. The number of nitrogens with one attached hydrogen (secondary N) is 1. The fourth-order valence-corrected chi connectivity index (χ4v) is 2.85. The first-order valence-corrected chi connectivity index (χ1v) is 6.81. The third-order valence-electron chi connectivity index (χ3n) is 3.12. The van der Waals surface area contributed by atoms with E-state index < -0.39 is 0 Å². The number of hydrogen-bond donors (Lipinski definition) is 2. The van der Waals surface area contributed by atoms with Crippen LogP contribution in [0.15, 0.2) is 29.6 Å². The number of nitrogens with two attached hydrogens (primary N) is 1. The maximum absolute atomic E-state index is 5.74. The van der Waals surface area contributed by atoms with E-state index >= 15 is 0 Å². The van der Waals surface area contributed by atoms with Gasteiger partial charge in [-0.3, -0.25) is 5.84 Å². The number of rotatable bonds is 5. The number of aryl methyl sites for hydroxylation is 1. The Morgan fingerprint density at radius 3 is 2.47 bits per heavy atom. The fraction of sp³-hybridized carbons (Fsp3) is 0.286. The van der Waals surface area contributed by atoms with Crippen molar-refractivity contribution in [2.45, 2.75) is 13.0 Å². The van der Waals surface area contributed by atoms with Crippen molar-refractivity contribution in [2.24, 2.45) is 5.84 Å². The van der Waals surface area contributed by atoms with Crippen LogP contribution in [0.5, 0.6) is 11.5 Å². The summed E-state index contributed by atoms with van der Waals surface area (Å²) < 4.78 is 10.7. The molecule has 0 aliphatic carbocycles. The van der Waals surface area contributed by atoms with Crippen molar-refractivity contribution >= 4 is 11.3 Å². The van der Waals surface area contributed by atoms with E-state index in [1.807, 2.05) is 18.2 Å². The zero-order valence-corrected chi connectivity index (χ0v) is 12.1. The van der Waals surface area contributed by atoms with Crippen LogP contribution in [-0.2, 0) is 0 Å². The Labute approximate surface area is 117 Å². The highest BCUT2D eigenvalue weighted by molar-refractivity contribution is 7.10. The minimum Gasteiger partial charge on any atom is -0.497 e. The molecule has 0 saturated heterocycles. The van der Waals surface area contributed by atoms with Gasteiger partial charge in [0.05, 0.1) is 20.3 Å². The summed E-state index contributed by atoms with van der Waals surface area (Å²) in [6, 6.07) is 7.66. The quantitative estimate of drug-likeness (QED) is 0.652. The Morgan fingerprint density at radius 2 is 1.95 bits per heavy atom. The third-order valence-corrected chi connectivity index (χ3v) is 3.99. The molecule has 5 heteroatoms. The zero-order valence-electron chi connectivity index (χ0n) is 11.3. The molecule has 4 nitrogen and oxygen atoms in total. The van der Waals surface area contributed by atoms with Gasteiger partial charge in [-0.15, -0.1) is 11.3 Å². The lowest BCUT2D eigenvalue weighted by atomic mass is 9.99. The second-order valence-electron chi connectivity index (χ2n) is 4.14. The van der Waals surface area contributed by atoms with E-state index in [1.54, 1.807) is 25.6 Å². The summed E-state index contributed by atoms with van der Waals surface area (Å²) >= 11 is 1.70. The smallest absolute Gasteiger partial charge is 0.124 e. The molecule has 102 valence electrons. The van der Waals surface area contributed by atoms with Crippen LogP contribution in [0.4, 0.5) is 0 Å². The second kappa shape index (κ2) is 6.06. The highest BCUT2D eigenvalue weighted by Gasteiger charge is 2.20. The van der Waals surface area contributed by atoms with Gasteiger partial charge >= 0.3 is 0 Å². The van der Waals surface area contributed by atoms with Crippen LogP contribution in [0.3, 0.4) is 0 Å². The summed E-state index contributed by atoms with van der Waals surface area (Å²) in [5.74, 6) is 7.31. The van der Waals surface area contributed by atoms with E-state index in [1.165, 1.54) is 4.88 Å². The van der Waals surface area contributed by atoms with E-state index in [0.29, 0.717) is 0 Å². The lowest BCUT2D eigenvalue weighted by molar-refractivity contribution is 0.394. The SMILES string of the molecule is COc1ccc(OC)c(C(NN)c2ccsc2C)c1. The van der Waals surface area contributed by atoms with Crippen molar-refractivity contribution in [3.63, 3.8) is 0 Å². The van der Waals surface area contributed by atoms with Crippen molar-refractivity contribution in [3.05, 3.63) is 45.6 Å². The molecule has 0 spiro atoms. The van der Waals surface area contributed by atoms with Crippen molar-refractivity contribution in [2.75, 3.05) is 14.2 Å². The highest BCUT2D eigenvalue weighted by Crippen LogP contribution is 2.35. The van der Waals surface area contributed by atoms with E-state index in [2.05, 4.69) is 23.8 Å². The largest absolute Gasteiger partial charge is 0.497 e. The van der Waals surface area contributed by atoms with Crippen molar-refractivity contribution < 1.29 is 9.47 Å². The molecular formula is C14H18N2O2S. The van der Waals surface area contributed by atoms with Gasteiger partial charge in [0.15, 0.2) is 0 Å². The molecule has 0 aliphatic heterocycles. The molecule has 2 rings (SSSR count). The molecule has 1 atom stereocenters. The molecule has 1 aromatic carbocycles. The summed E-state index contributed by atoms with van der Waals surface area (Å²) in [6.45, 7) is 2.08. The van der Waals surface area contributed by atoms with Gasteiger partial charge in [-0.05, 0) is 42.1 Å². The number of thiophene rings is 1. The topological polar surface area (TPSA) is 56.5 Å². The van der Waals surface area contributed by atoms with E-state index in [0.717, 1.165) is 22.6 Å². The summed E-state index contributed by atoms with van der Waals surface area (Å²) in [4.78, 5) is 1.23. The molecular weight excluding hydrogens is 260 g/mol. The summed E-state index contributed by atoms with van der Waals surface area (Å²) in [5.41, 5.74) is 4.97. The van der Waals surface area contributed by atoms with Gasteiger partial charge in [0, 0.05) is 10.4 Å². The summed E-state index contributed by atoms with van der Waals surface area (Å²) in [6.07, 6.45) is 0. The average molecular weight is 278 g/mol. The van der Waals surface area contributed by atoms with Gasteiger partial charge in [-0.25, -0.2) is 5.43 Å². The molecule has 3 N–H and O–H groups in total. The summed E-state index contributed by atoms with van der Waals surface area (Å²) in [7, 11) is 3.30. The van der Waals surface area contributed by atoms with Gasteiger partial charge in [0.2, 0.25) is 0 Å². The number of hydrogen-bond acceptors (Lipinski definition) is 5. The summed E-state index contributed by atoms with van der Waals surface area (Å²) in [5, 5.41) is 2.06. The van der Waals surface area contributed by atoms with Crippen LogP contribution in [0.2, 0.25) is 0 Å². The molecule has 1 unspecified atom stereocenters. The average Bonchev–Trinajstić information content (AvgIpc) is 2.86. The molecule has 0 bridgehead atoms. The highest BCUT2D eigenvalue weighted by atomic mass is 32.1. The van der Waals surface area contributed by atoms with Crippen molar-refractivity contribution in [1.82, 2.24) is 5.43 Å². The van der Waals surface area contributed by atoms with Crippen molar-refractivity contribution in [3.8, 4) is 11.5 Å². The molecule has 0 amide bonds. The monoisotopic (exact) mass is 278 g/mol. The normalized spacial score (nSPS) is 12.2. The lowest BCUT2D eigenvalue weighted by Gasteiger charge is -2.20. The predicted molar refractivity (Wildman–Crippen MR) is 77.8 cm³/mol. The first-order valence-electron chi connectivity index (χ1n) is 5.93. The maximum Gasteiger partial charge on any atom is 0.124 e. The van der Waals surface area contributed by atoms with Crippen LogP contribution < -0.4 is 20.7 Å². The predicted octanol–water partition coefficient (Wildman–Crippen LogP) is 2.63. The Morgan fingerprint density at radius 1 is 1.16 bits per heavy atom. The zero-order chi connectivity index (χ0) is 13.8. The van der Waals surface area contributed by atoms with Crippen LogP contribution in [0.1, 0.15) is 22.0 Å². The lowest BCUT2D eigenvalue weighted by Crippen LogP contribution is -2.29. The molecule has 0 aliphatic rings. The van der Waals surface area contributed by atoms with E-state index in [-0.39, 0.29) is 6.04 Å². The van der Waals surface area contributed by atoms with E-state index in [9.17, 15) is 0 Å². The van der Waals surface area contributed by atoms with Crippen LogP contribution in [0, 0.1) is 6.92 Å². The molecule has 1 aromatic heterocycles. The number of hydrazine groups is 1. The molecule has 0 radical (unpaired) electrons. The minimum atomic E-state index is -0.115. The molecule has 1 heterocycles. The maximum atomic E-state index is 5.74. The first-order chi connectivity index (χ1) is 9.21. The number of benzene rings is 1. The van der Waals surface area contributed by atoms with Gasteiger partial charge in [-0.1, -0.05) is 0 Å². The Bertz CT molecular complexity index is 554. The van der Waals surface area contributed by atoms with E-state index in [4.69, 9.17) is 15.3 Å². The minimum absolute atomic E-state index is 0.115. The van der Waals surface area contributed by atoms with Gasteiger partial charge in [0.1, 0.15) is 11.5 Å². The first kappa shape index (κ1) is 13.9. The van der Waals surface area contributed by atoms with Gasteiger partial charge in [0.25, 0.3) is 0 Å². The molecule has 2 aromatic rings. The Balaban J connectivity index is 2.51. The Kier molecular flexibility index (Phi) is 4.42. The standard InChI is InChI=1S/C14H18N2O2S/c1-9-11(6-7-19-9)14(16-15)12-8-10(17-2)4-5-13(12)18-3/h4-8,14,16H,15H2,1-3H3. The second-order valence-corrected chi connectivity index (χ2v) is 5.26. The fourth-order valence-electron chi connectivity index (χ4n) is 2.11. The van der Waals surface area contributed by atoms with Crippen LogP contribution in [-0.4, -0.2) is 14.2 Å². The van der Waals surface area contributed by atoms with Crippen molar-refractivity contribution in [1.29, 1.82) is 0 Å². The molecule has 19 heavy (non-hydrogen) atoms. The van der Waals surface area contributed by atoms with Gasteiger partial charge in [-0.2, -0.15) is 0 Å². The number of methoxy groups -OCH3 is 2. The van der Waals surface area contributed by atoms with Crippen LogP contribution in [0.25, 0.3) is 0 Å².